The third-order valence-electron chi connectivity index (χ3n) is 3.26. The molecule has 3 nitrogen and oxygen atoms in total. The van der Waals surface area contributed by atoms with E-state index in [1.54, 1.807) is 7.11 Å². The Labute approximate surface area is 104 Å². The zero-order valence-corrected chi connectivity index (χ0v) is 10.8. The Hall–Kier alpha value is -1.22. The molecule has 1 aromatic rings. The topological polar surface area (TPSA) is 24.5 Å². The summed E-state index contributed by atoms with van der Waals surface area (Å²) in [6.45, 7) is 5.60. The molecule has 17 heavy (non-hydrogen) atoms. The van der Waals surface area contributed by atoms with E-state index < -0.39 is 0 Å². The first kappa shape index (κ1) is 12.2. The molecule has 0 amide bonds. The summed E-state index contributed by atoms with van der Waals surface area (Å²) in [5.74, 6) is 0.935. The maximum atomic E-state index is 5.29. The second-order valence-corrected chi connectivity index (χ2v) is 4.71. The molecule has 1 saturated heterocycles. The van der Waals surface area contributed by atoms with Crippen molar-refractivity contribution in [2.45, 2.75) is 25.8 Å². The summed E-state index contributed by atoms with van der Waals surface area (Å²) in [6.07, 6.45) is 2.50. The lowest BCUT2D eigenvalue weighted by Crippen LogP contribution is -2.42. The lowest BCUT2D eigenvalue weighted by molar-refractivity contribution is 0.414. The van der Waals surface area contributed by atoms with Crippen LogP contribution in [0, 0.1) is 0 Å². The Kier molecular flexibility index (Phi) is 4.26. The molecule has 0 saturated carbocycles. The number of benzene rings is 1. The minimum absolute atomic E-state index is 0.543. The minimum Gasteiger partial charge on any atom is -0.497 e. The lowest BCUT2D eigenvalue weighted by atomic mass is 10.1. The lowest BCUT2D eigenvalue weighted by Gasteiger charge is -2.31. The Morgan fingerprint density at radius 1 is 1.35 bits per heavy atom. The molecule has 1 aromatic carbocycles. The first-order valence-corrected chi connectivity index (χ1v) is 6.42. The van der Waals surface area contributed by atoms with Crippen molar-refractivity contribution < 1.29 is 4.74 Å². The van der Waals surface area contributed by atoms with Gasteiger partial charge in [0.05, 0.1) is 7.11 Å². The number of hydrogen-bond acceptors (Lipinski definition) is 3. The molecule has 1 atom stereocenters. The Bertz CT molecular complexity index is 354. The highest BCUT2D eigenvalue weighted by atomic mass is 16.5. The van der Waals surface area contributed by atoms with Gasteiger partial charge < -0.3 is 15.0 Å². The van der Waals surface area contributed by atoms with Crippen molar-refractivity contribution in [1.29, 1.82) is 0 Å². The van der Waals surface area contributed by atoms with Crippen molar-refractivity contribution in [3.63, 3.8) is 0 Å². The summed E-state index contributed by atoms with van der Waals surface area (Å²) >= 11 is 0. The van der Waals surface area contributed by atoms with Gasteiger partial charge in [-0.25, -0.2) is 0 Å². The van der Waals surface area contributed by atoms with Crippen LogP contribution in [0.3, 0.4) is 0 Å². The zero-order valence-electron chi connectivity index (χ0n) is 10.8. The van der Waals surface area contributed by atoms with E-state index in [1.807, 2.05) is 6.07 Å². The first-order chi connectivity index (χ1) is 8.29. The van der Waals surface area contributed by atoms with Gasteiger partial charge in [0.2, 0.25) is 0 Å². The summed E-state index contributed by atoms with van der Waals surface area (Å²) in [5, 5.41) is 3.54. The molecule has 1 aliphatic rings. The molecule has 0 radical (unpaired) electrons. The van der Waals surface area contributed by atoms with Crippen molar-refractivity contribution >= 4 is 5.69 Å². The van der Waals surface area contributed by atoms with Crippen molar-refractivity contribution in [2.24, 2.45) is 0 Å². The van der Waals surface area contributed by atoms with Crippen molar-refractivity contribution in [1.82, 2.24) is 5.32 Å². The molecule has 1 unspecified atom stereocenters. The molecule has 1 aliphatic heterocycles. The normalized spacial score (nSPS) is 21.8. The number of hydrogen-bond donors (Lipinski definition) is 1. The summed E-state index contributed by atoms with van der Waals surface area (Å²) in [6, 6.07) is 8.88. The van der Waals surface area contributed by atoms with Crippen LogP contribution < -0.4 is 15.0 Å². The van der Waals surface area contributed by atoms with Gasteiger partial charge in [0.15, 0.2) is 0 Å². The van der Waals surface area contributed by atoms with Gasteiger partial charge in [-0.15, -0.1) is 0 Å². The third-order valence-corrected chi connectivity index (χ3v) is 3.26. The molecule has 1 heterocycles. The van der Waals surface area contributed by atoms with Crippen LogP contribution in [0.5, 0.6) is 5.75 Å². The minimum atomic E-state index is 0.543. The quantitative estimate of drug-likeness (QED) is 0.849. The maximum absolute atomic E-state index is 5.29. The maximum Gasteiger partial charge on any atom is 0.120 e. The molecule has 0 spiro atoms. The van der Waals surface area contributed by atoms with E-state index in [-0.39, 0.29) is 0 Å². The molecular formula is C14H22N2O. The summed E-state index contributed by atoms with van der Waals surface area (Å²) < 4.78 is 5.29. The van der Waals surface area contributed by atoms with Crippen molar-refractivity contribution in [3.8, 4) is 5.75 Å². The number of nitrogens with zero attached hydrogens (tertiary/aromatic N) is 1. The largest absolute Gasteiger partial charge is 0.497 e. The molecule has 1 N–H and O–H groups in total. The highest BCUT2D eigenvalue weighted by molar-refractivity contribution is 5.50. The predicted molar refractivity (Wildman–Crippen MR) is 71.9 cm³/mol. The Morgan fingerprint density at radius 2 is 2.24 bits per heavy atom. The van der Waals surface area contributed by atoms with Crippen LogP contribution in [0.25, 0.3) is 0 Å². The van der Waals surface area contributed by atoms with E-state index in [9.17, 15) is 0 Å². The monoisotopic (exact) mass is 234 g/mol. The van der Waals surface area contributed by atoms with Gasteiger partial charge in [-0.1, -0.05) is 6.07 Å². The van der Waals surface area contributed by atoms with E-state index in [0.29, 0.717) is 6.04 Å². The van der Waals surface area contributed by atoms with Gasteiger partial charge in [-0.2, -0.15) is 0 Å². The average Bonchev–Trinajstić information content (AvgIpc) is 2.33. The smallest absolute Gasteiger partial charge is 0.120 e. The van der Waals surface area contributed by atoms with Crippen LogP contribution in [0.15, 0.2) is 24.3 Å². The van der Waals surface area contributed by atoms with E-state index in [4.69, 9.17) is 4.74 Å². The van der Waals surface area contributed by atoms with Crippen LogP contribution in [0.4, 0.5) is 5.69 Å². The molecule has 3 heteroatoms. The number of ether oxygens (including phenoxy) is 1. The first-order valence-electron chi connectivity index (χ1n) is 6.42. The highest BCUT2D eigenvalue weighted by Crippen LogP contribution is 2.22. The molecular weight excluding hydrogens is 212 g/mol. The second-order valence-electron chi connectivity index (χ2n) is 4.71. The molecule has 0 aliphatic carbocycles. The van der Waals surface area contributed by atoms with Crippen molar-refractivity contribution in [2.75, 3.05) is 31.6 Å². The summed E-state index contributed by atoms with van der Waals surface area (Å²) in [5.41, 5.74) is 1.26. The SMILES string of the molecule is COc1cccc(N2CCCCNC(C)C2)c1. The van der Waals surface area contributed by atoms with E-state index in [0.717, 1.165) is 25.4 Å². The number of nitrogens with one attached hydrogen (secondary N) is 1. The van der Waals surface area contributed by atoms with E-state index in [1.165, 1.54) is 18.5 Å². The fraction of sp³-hybridized carbons (Fsp3) is 0.571. The standard InChI is InChI=1S/C14H22N2O/c1-12-11-16(9-4-3-8-15-12)13-6-5-7-14(10-13)17-2/h5-7,10,12,15H,3-4,8-9,11H2,1-2H3. The van der Waals surface area contributed by atoms with Crippen LogP contribution in [0.1, 0.15) is 19.8 Å². The fourth-order valence-corrected chi connectivity index (χ4v) is 2.30. The molecule has 1 fully saturated rings. The summed E-state index contributed by atoms with van der Waals surface area (Å²) in [4.78, 5) is 2.44. The van der Waals surface area contributed by atoms with Crippen LogP contribution in [-0.4, -0.2) is 32.8 Å². The highest BCUT2D eigenvalue weighted by Gasteiger charge is 2.13. The third kappa shape index (κ3) is 3.37. The van der Waals surface area contributed by atoms with Gasteiger partial charge in [-0.3, -0.25) is 0 Å². The molecule has 2 rings (SSSR count). The van der Waals surface area contributed by atoms with Gasteiger partial charge in [-0.05, 0) is 38.4 Å². The molecule has 0 aromatic heterocycles. The number of rotatable bonds is 2. The number of methoxy groups -OCH3 is 1. The molecule has 0 bridgehead atoms. The number of anilines is 1. The van der Waals surface area contributed by atoms with Gasteiger partial charge in [0.25, 0.3) is 0 Å². The van der Waals surface area contributed by atoms with Gasteiger partial charge in [0, 0.05) is 30.9 Å². The second kappa shape index (κ2) is 5.92. The Morgan fingerprint density at radius 3 is 3.06 bits per heavy atom. The molecule has 94 valence electrons. The van der Waals surface area contributed by atoms with Crippen LogP contribution in [-0.2, 0) is 0 Å². The van der Waals surface area contributed by atoms with Gasteiger partial charge in [0.1, 0.15) is 5.75 Å². The van der Waals surface area contributed by atoms with E-state index in [2.05, 4.69) is 35.3 Å². The fourth-order valence-electron chi connectivity index (χ4n) is 2.30. The predicted octanol–water partition coefficient (Wildman–Crippen LogP) is 2.27. The summed E-state index contributed by atoms with van der Waals surface area (Å²) in [7, 11) is 1.72. The Balaban J connectivity index is 2.11. The van der Waals surface area contributed by atoms with Crippen LogP contribution >= 0.6 is 0 Å². The van der Waals surface area contributed by atoms with Crippen molar-refractivity contribution in [3.05, 3.63) is 24.3 Å². The van der Waals surface area contributed by atoms with Gasteiger partial charge >= 0.3 is 0 Å². The van der Waals surface area contributed by atoms with Crippen LogP contribution in [0.2, 0.25) is 0 Å². The van der Waals surface area contributed by atoms with E-state index >= 15 is 0 Å². The average molecular weight is 234 g/mol. The zero-order chi connectivity index (χ0) is 12.1.